The fourth-order valence-corrected chi connectivity index (χ4v) is 3.86. The molecule has 0 radical (unpaired) electrons. The first kappa shape index (κ1) is 14.5. The third-order valence-electron chi connectivity index (χ3n) is 4.91. The molecule has 1 aromatic rings. The lowest BCUT2D eigenvalue weighted by Crippen LogP contribution is -2.42. The molecule has 1 unspecified atom stereocenters. The molecular weight excluding hydrogens is 270 g/mol. The highest BCUT2D eigenvalue weighted by molar-refractivity contribution is 5.86. The van der Waals surface area contributed by atoms with Gasteiger partial charge < -0.3 is 9.84 Å². The summed E-state index contributed by atoms with van der Waals surface area (Å²) in [7, 11) is 0. The van der Waals surface area contributed by atoms with Gasteiger partial charge in [-0.05, 0) is 32.1 Å². The molecule has 116 valence electrons. The summed E-state index contributed by atoms with van der Waals surface area (Å²) in [6, 6.07) is 0.215. The molecule has 21 heavy (non-hydrogen) atoms. The number of hydrogen-bond donors (Lipinski definition) is 1. The minimum atomic E-state index is -0.988. The van der Waals surface area contributed by atoms with Crippen molar-refractivity contribution in [3.63, 3.8) is 0 Å². The van der Waals surface area contributed by atoms with Crippen LogP contribution in [0.3, 0.4) is 0 Å². The maximum absolute atomic E-state index is 11.2. The van der Waals surface area contributed by atoms with Crippen LogP contribution in [0.1, 0.15) is 74.1 Å². The first-order chi connectivity index (χ1) is 10.2. The molecule has 6 heteroatoms. The molecule has 1 aliphatic carbocycles. The molecular formula is C15H23N3O3. The van der Waals surface area contributed by atoms with Crippen molar-refractivity contribution in [2.24, 2.45) is 0 Å². The maximum atomic E-state index is 11.2. The summed E-state index contributed by atoms with van der Waals surface area (Å²) in [6.45, 7) is 2.69. The molecule has 1 atom stereocenters. The second kappa shape index (κ2) is 5.75. The number of nitrogens with zero attached hydrogens (tertiary/aromatic N) is 3. The van der Waals surface area contributed by atoms with E-state index in [1.807, 2.05) is 11.6 Å². The number of hydrogen-bond acceptors (Lipinski definition) is 4. The van der Waals surface area contributed by atoms with Gasteiger partial charge in [-0.3, -0.25) is 0 Å². The molecule has 2 aliphatic rings. The Hall–Kier alpha value is -1.43. The minimum Gasteiger partial charge on any atom is -0.476 e. The van der Waals surface area contributed by atoms with E-state index in [4.69, 9.17) is 4.74 Å². The summed E-state index contributed by atoms with van der Waals surface area (Å²) < 4.78 is 7.96. The summed E-state index contributed by atoms with van der Waals surface area (Å²) >= 11 is 0. The molecule has 6 nitrogen and oxygen atoms in total. The number of aromatic carboxylic acids is 1. The third kappa shape index (κ3) is 2.69. The fraction of sp³-hybridized carbons (Fsp3) is 0.800. The Kier molecular flexibility index (Phi) is 3.97. The molecule has 1 aromatic heterocycles. The van der Waals surface area contributed by atoms with Gasteiger partial charge in [0.25, 0.3) is 0 Å². The van der Waals surface area contributed by atoms with Gasteiger partial charge in [-0.2, -0.15) is 0 Å². The van der Waals surface area contributed by atoms with Crippen LogP contribution in [0.5, 0.6) is 0 Å². The molecule has 2 fully saturated rings. The van der Waals surface area contributed by atoms with Crippen molar-refractivity contribution in [2.75, 3.05) is 6.61 Å². The van der Waals surface area contributed by atoms with Crippen LogP contribution in [0.2, 0.25) is 0 Å². The second-order valence-corrected chi connectivity index (χ2v) is 6.23. The Morgan fingerprint density at radius 3 is 2.86 bits per heavy atom. The van der Waals surface area contributed by atoms with Crippen LogP contribution < -0.4 is 0 Å². The van der Waals surface area contributed by atoms with E-state index in [0.29, 0.717) is 6.42 Å². The lowest BCUT2D eigenvalue weighted by Gasteiger charge is -2.43. The van der Waals surface area contributed by atoms with Crippen molar-refractivity contribution in [3.05, 3.63) is 11.4 Å². The standard InChI is InChI=1S/C15H23N3O3/c1-2-12-13(14(19)20)16-17-18(12)11-6-9-21-15(10-11)7-4-3-5-8-15/h11H,2-10H2,1H3,(H,19,20). The second-order valence-electron chi connectivity index (χ2n) is 6.23. The smallest absolute Gasteiger partial charge is 0.358 e. The monoisotopic (exact) mass is 293 g/mol. The van der Waals surface area contributed by atoms with Crippen LogP contribution in [0, 0.1) is 0 Å². The SMILES string of the molecule is CCc1c(C(=O)O)nnn1C1CCOC2(CCCCC2)C1. The van der Waals surface area contributed by atoms with Crippen molar-refractivity contribution in [2.45, 2.75) is 69.9 Å². The number of carboxylic acids is 1. The van der Waals surface area contributed by atoms with E-state index in [-0.39, 0.29) is 17.3 Å². The predicted molar refractivity (Wildman–Crippen MR) is 76.4 cm³/mol. The van der Waals surface area contributed by atoms with Gasteiger partial charge in [-0.1, -0.05) is 31.4 Å². The number of carboxylic acid groups (broad SMARTS) is 1. The molecule has 0 amide bonds. The molecule has 0 aromatic carbocycles. The highest BCUT2D eigenvalue weighted by Crippen LogP contribution is 2.42. The largest absolute Gasteiger partial charge is 0.476 e. The molecule has 1 aliphatic heterocycles. The molecule has 1 spiro atoms. The van der Waals surface area contributed by atoms with Gasteiger partial charge >= 0.3 is 5.97 Å². The molecule has 1 N–H and O–H groups in total. The number of ether oxygens (including phenoxy) is 1. The Labute approximate surface area is 124 Å². The lowest BCUT2D eigenvalue weighted by atomic mass is 9.78. The van der Waals surface area contributed by atoms with E-state index in [2.05, 4.69) is 10.3 Å². The molecule has 3 rings (SSSR count). The zero-order valence-corrected chi connectivity index (χ0v) is 12.5. The highest BCUT2D eigenvalue weighted by atomic mass is 16.5. The Bertz CT molecular complexity index is 515. The van der Waals surface area contributed by atoms with Gasteiger partial charge in [-0.15, -0.1) is 5.10 Å². The third-order valence-corrected chi connectivity index (χ3v) is 4.91. The minimum absolute atomic E-state index is 0.0124. The van der Waals surface area contributed by atoms with E-state index in [1.54, 1.807) is 0 Å². The fourth-order valence-electron chi connectivity index (χ4n) is 3.86. The molecule has 1 saturated heterocycles. The first-order valence-electron chi connectivity index (χ1n) is 7.96. The Balaban J connectivity index is 1.84. The zero-order valence-electron chi connectivity index (χ0n) is 12.5. The molecule has 0 bridgehead atoms. The summed E-state index contributed by atoms with van der Waals surface area (Å²) in [6.07, 6.45) is 8.44. The Morgan fingerprint density at radius 2 is 2.19 bits per heavy atom. The quantitative estimate of drug-likeness (QED) is 0.927. The van der Waals surface area contributed by atoms with Gasteiger partial charge in [0.1, 0.15) is 0 Å². The van der Waals surface area contributed by atoms with Crippen LogP contribution >= 0.6 is 0 Å². The van der Waals surface area contributed by atoms with Crippen LogP contribution in [-0.4, -0.2) is 38.3 Å². The first-order valence-corrected chi connectivity index (χ1v) is 7.96. The lowest BCUT2D eigenvalue weighted by molar-refractivity contribution is -0.116. The van der Waals surface area contributed by atoms with Gasteiger partial charge in [-0.25, -0.2) is 9.48 Å². The van der Waals surface area contributed by atoms with Gasteiger partial charge in [0.15, 0.2) is 5.69 Å². The number of rotatable bonds is 3. The van der Waals surface area contributed by atoms with E-state index < -0.39 is 5.97 Å². The van der Waals surface area contributed by atoms with E-state index in [9.17, 15) is 9.90 Å². The molecule has 2 heterocycles. The van der Waals surface area contributed by atoms with Crippen molar-refractivity contribution in [1.82, 2.24) is 15.0 Å². The average molecular weight is 293 g/mol. The number of aromatic nitrogens is 3. The highest BCUT2D eigenvalue weighted by Gasteiger charge is 2.40. The summed E-state index contributed by atoms with van der Waals surface area (Å²) in [5.41, 5.74) is 0.823. The van der Waals surface area contributed by atoms with Gasteiger partial charge in [0, 0.05) is 6.61 Å². The normalized spacial score (nSPS) is 25.1. The summed E-state index contributed by atoms with van der Waals surface area (Å²) in [5.74, 6) is -0.988. The van der Waals surface area contributed by atoms with E-state index >= 15 is 0 Å². The topological polar surface area (TPSA) is 77.2 Å². The average Bonchev–Trinajstić information content (AvgIpc) is 2.92. The van der Waals surface area contributed by atoms with E-state index in [0.717, 1.165) is 38.0 Å². The zero-order chi connectivity index (χ0) is 14.9. The summed E-state index contributed by atoms with van der Waals surface area (Å²) in [5, 5.41) is 17.2. The summed E-state index contributed by atoms with van der Waals surface area (Å²) in [4.78, 5) is 11.2. The van der Waals surface area contributed by atoms with Crippen LogP contribution in [0.15, 0.2) is 0 Å². The van der Waals surface area contributed by atoms with E-state index in [1.165, 1.54) is 19.3 Å². The van der Waals surface area contributed by atoms with Crippen molar-refractivity contribution in [1.29, 1.82) is 0 Å². The predicted octanol–water partition coefficient (Wildman–Crippen LogP) is 2.59. The number of carbonyl (C=O) groups is 1. The van der Waals surface area contributed by atoms with Crippen molar-refractivity contribution < 1.29 is 14.6 Å². The molecule has 1 saturated carbocycles. The van der Waals surface area contributed by atoms with Gasteiger partial charge in [0.05, 0.1) is 17.3 Å². The maximum Gasteiger partial charge on any atom is 0.358 e. The van der Waals surface area contributed by atoms with Crippen molar-refractivity contribution >= 4 is 5.97 Å². The Morgan fingerprint density at radius 1 is 1.43 bits per heavy atom. The van der Waals surface area contributed by atoms with Crippen LogP contribution in [0.4, 0.5) is 0 Å². The van der Waals surface area contributed by atoms with Crippen LogP contribution in [0.25, 0.3) is 0 Å². The van der Waals surface area contributed by atoms with Crippen molar-refractivity contribution in [3.8, 4) is 0 Å². The van der Waals surface area contributed by atoms with Gasteiger partial charge in [0.2, 0.25) is 0 Å². The van der Waals surface area contributed by atoms with Crippen LogP contribution in [-0.2, 0) is 11.2 Å².